The Kier molecular flexibility index (Phi) is 6.20. The third-order valence-electron chi connectivity index (χ3n) is 4.54. The van der Waals surface area contributed by atoms with E-state index in [9.17, 15) is 9.18 Å². The van der Waals surface area contributed by atoms with E-state index >= 15 is 0 Å². The Labute approximate surface area is 192 Å². The number of nitrogens with one attached hydrogen (secondary N) is 1. The molecule has 0 saturated carbocycles. The van der Waals surface area contributed by atoms with Gasteiger partial charge in [0.2, 0.25) is 0 Å². The van der Waals surface area contributed by atoms with Crippen LogP contribution in [0.25, 0.3) is 16.9 Å². The molecular weight excluding hydrogens is 454 g/mol. The summed E-state index contributed by atoms with van der Waals surface area (Å²) in [7, 11) is 0. The Bertz CT molecular complexity index is 1320. The fourth-order valence-corrected chi connectivity index (χ4v) is 3.43. The second-order valence-electron chi connectivity index (χ2n) is 6.73. The number of rotatable bonds is 6. The van der Waals surface area contributed by atoms with Crippen molar-refractivity contribution in [1.29, 1.82) is 0 Å². The van der Waals surface area contributed by atoms with E-state index in [2.05, 4.69) is 15.6 Å². The van der Waals surface area contributed by atoms with Crippen LogP contribution in [0.1, 0.15) is 15.9 Å². The number of carboxylic acids is 1. The van der Waals surface area contributed by atoms with Crippen LogP contribution in [0.2, 0.25) is 10.0 Å². The standard InChI is InChI=1S/C23H15Cl2FN4O2/c24-17-6-9-21(20(25)11-17)28-27-12-16-13-30(19-7-4-14(5-8-19)23(31)32)29-22(16)15-2-1-3-18(26)10-15/h1-13,28H,(H,31,32)/b27-12+. The molecule has 2 N–H and O–H groups in total. The second kappa shape index (κ2) is 9.21. The molecule has 0 bridgehead atoms. The van der Waals surface area contributed by atoms with E-state index in [-0.39, 0.29) is 5.56 Å². The highest BCUT2D eigenvalue weighted by Crippen LogP contribution is 2.26. The fourth-order valence-electron chi connectivity index (χ4n) is 2.98. The number of hydrazone groups is 1. The lowest BCUT2D eigenvalue weighted by Gasteiger charge is -2.03. The first-order valence-corrected chi connectivity index (χ1v) is 10.1. The zero-order valence-corrected chi connectivity index (χ0v) is 17.8. The lowest BCUT2D eigenvalue weighted by molar-refractivity contribution is 0.0697. The lowest BCUT2D eigenvalue weighted by Crippen LogP contribution is -1.99. The van der Waals surface area contributed by atoms with E-state index in [0.717, 1.165) is 0 Å². The minimum atomic E-state index is -1.02. The number of hydrogen-bond acceptors (Lipinski definition) is 4. The third kappa shape index (κ3) is 4.80. The van der Waals surface area contributed by atoms with Crippen LogP contribution in [-0.2, 0) is 0 Å². The number of aromatic nitrogens is 2. The van der Waals surface area contributed by atoms with E-state index in [1.807, 2.05) is 0 Å². The number of hydrogen-bond donors (Lipinski definition) is 2. The molecule has 0 fully saturated rings. The van der Waals surface area contributed by atoms with Crippen LogP contribution in [-0.4, -0.2) is 27.1 Å². The summed E-state index contributed by atoms with van der Waals surface area (Å²) in [4.78, 5) is 11.1. The SMILES string of the molecule is O=C(O)c1ccc(-n2cc(/C=N/Nc3ccc(Cl)cc3Cl)c(-c3cccc(F)c3)n2)cc1. The minimum Gasteiger partial charge on any atom is -0.478 e. The smallest absolute Gasteiger partial charge is 0.335 e. The number of benzene rings is 3. The monoisotopic (exact) mass is 468 g/mol. The van der Waals surface area contributed by atoms with Crippen molar-refractivity contribution in [2.75, 3.05) is 5.43 Å². The van der Waals surface area contributed by atoms with Crippen LogP contribution in [0.3, 0.4) is 0 Å². The molecule has 0 aliphatic heterocycles. The molecule has 1 heterocycles. The van der Waals surface area contributed by atoms with E-state index in [4.69, 9.17) is 28.3 Å². The highest BCUT2D eigenvalue weighted by atomic mass is 35.5. The van der Waals surface area contributed by atoms with Crippen molar-refractivity contribution in [3.05, 3.63) is 99.9 Å². The molecule has 0 spiro atoms. The Morgan fingerprint density at radius 2 is 1.88 bits per heavy atom. The van der Waals surface area contributed by atoms with E-state index < -0.39 is 11.8 Å². The molecule has 0 atom stereocenters. The van der Waals surface area contributed by atoms with Gasteiger partial charge >= 0.3 is 5.97 Å². The van der Waals surface area contributed by atoms with Gasteiger partial charge in [0.05, 0.1) is 28.2 Å². The fraction of sp³-hybridized carbons (Fsp3) is 0. The van der Waals surface area contributed by atoms with Crippen LogP contribution < -0.4 is 5.43 Å². The largest absolute Gasteiger partial charge is 0.478 e. The summed E-state index contributed by atoms with van der Waals surface area (Å²) in [5.74, 6) is -1.41. The first-order chi connectivity index (χ1) is 15.4. The maximum absolute atomic E-state index is 13.8. The predicted molar refractivity (Wildman–Crippen MR) is 124 cm³/mol. The van der Waals surface area contributed by atoms with Gasteiger partial charge in [-0.2, -0.15) is 10.2 Å². The molecule has 4 aromatic rings. The molecule has 160 valence electrons. The summed E-state index contributed by atoms with van der Waals surface area (Å²) >= 11 is 12.1. The van der Waals surface area contributed by atoms with Gasteiger partial charge in [-0.3, -0.25) is 5.43 Å². The van der Waals surface area contributed by atoms with Crippen LogP contribution in [0.4, 0.5) is 10.1 Å². The molecule has 6 nitrogen and oxygen atoms in total. The quantitative estimate of drug-likeness (QED) is 0.263. The number of anilines is 1. The highest BCUT2D eigenvalue weighted by Gasteiger charge is 2.13. The van der Waals surface area contributed by atoms with Crippen LogP contribution in [0.15, 0.2) is 78.0 Å². The van der Waals surface area contributed by atoms with Crippen molar-refractivity contribution in [3.8, 4) is 16.9 Å². The van der Waals surface area contributed by atoms with Gasteiger partial charge in [-0.05, 0) is 54.6 Å². The van der Waals surface area contributed by atoms with Gasteiger partial charge in [0.15, 0.2) is 0 Å². The average Bonchev–Trinajstić information content (AvgIpc) is 3.19. The summed E-state index contributed by atoms with van der Waals surface area (Å²) in [6.45, 7) is 0. The Morgan fingerprint density at radius 3 is 2.56 bits per heavy atom. The summed E-state index contributed by atoms with van der Waals surface area (Å²) in [5.41, 5.74) is 5.89. The summed E-state index contributed by atoms with van der Waals surface area (Å²) in [6, 6.07) is 17.3. The van der Waals surface area contributed by atoms with Gasteiger partial charge in [-0.25, -0.2) is 13.9 Å². The number of carboxylic acid groups (broad SMARTS) is 1. The zero-order valence-electron chi connectivity index (χ0n) is 16.3. The van der Waals surface area contributed by atoms with Crippen molar-refractivity contribution in [3.63, 3.8) is 0 Å². The van der Waals surface area contributed by atoms with Crippen LogP contribution in [0.5, 0.6) is 0 Å². The topological polar surface area (TPSA) is 79.5 Å². The maximum Gasteiger partial charge on any atom is 0.335 e. The van der Waals surface area contributed by atoms with Crippen LogP contribution >= 0.6 is 23.2 Å². The van der Waals surface area contributed by atoms with Crippen molar-refractivity contribution in [2.24, 2.45) is 5.10 Å². The third-order valence-corrected chi connectivity index (χ3v) is 5.09. The number of carbonyl (C=O) groups is 1. The van der Waals surface area contributed by atoms with Gasteiger partial charge < -0.3 is 5.11 Å². The first kappa shape index (κ1) is 21.5. The molecule has 0 aliphatic carbocycles. The van der Waals surface area contributed by atoms with Crippen molar-refractivity contribution < 1.29 is 14.3 Å². The molecule has 0 radical (unpaired) electrons. The molecule has 0 unspecified atom stereocenters. The van der Waals surface area contributed by atoms with Crippen molar-refractivity contribution in [2.45, 2.75) is 0 Å². The van der Waals surface area contributed by atoms with E-state index in [1.54, 1.807) is 59.6 Å². The number of nitrogens with zero attached hydrogens (tertiary/aromatic N) is 3. The normalized spacial score (nSPS) is 11.1. The Balaban J connectivity index is 1.70. The van der Waals surface area contributed by atoms with Crippen LogP contribution in [0, 0.1) is 5.82 Å². The second-order valence-corrected chi connectivity index (χ2v) is 7.58. The average molecular weight is 469 g/mol. The molecule has 0 aliphatic rings. The molecule has 0 amide bonds. The van der Waals surface area contributed by atoms with Gasteiger partial charge in [0.25, 0.3) is 0 Å². The lowest BCUT2D eigenvalue weighted by atomic mass is 10.1. The number of halogens is 3. The molecule has 0 saturated heterocycles. The number of aromatic carboxylic acids is 1. The van der Waals surface area contributed by atoms with Crippen molar-refractivity contribution in [1.82, 2.24) is 9.78 Å². The highest BCUT2D eigenvalue weighted by molar-refractivity contribution is 6.36. The zero-order chi connectivity index (χ0) is 22.7. The molecule has 9 heteroatoms. The van der Waals surface area contributed by atoms with Gasteiger partial charge in [0, 0.05) is 22.3 Å². The molecule has 1 aromatic heterocycles. The molecular formula is C23H15Cl2FN4O2. The van der Waals surface area contributed by atoms with Crippen molar-refractivity contribution >= 4 is 41.1 Å². The summed E-state index contributed by atoms with van der Waals surface area (Å²) in [5, 5.41) is 18.8. The van der Waals surface area contributed by atoms with Gasteiger partial charge in [0.1, 0.15) is 11.5 Å². The Hall–Kier alpha value is -3.68. The Morgan fingerprint density at radius 1 is 1.09 bits per heavy atom. The molecule has 4 rings (SSSR count). The summed E-state index contributed by atoms with van der Waals surface area (Å²) in [6.07, 6.45) is 3.25. The van der Waals surface area contributed by atoms with E-state index in [0.29, 0.717) is 38.2 Å². The summed E-state index contributed by atoms with van der Waals surface area (Å²) < 4.78 is 15.4. The minimum absolute atomic E-state index is 0.164. The predicted octanol–water partition coefficient (Wildman–Crippen LogP) is 6.13. The van der Waals surface area contributed by atoms with Gasteiger partial charge in [-0.1, -0.05) is 35.3 Å². The first-order valence-electron chi connectivity index (χ1n) is 9.34. The maximum atomic E-state index is 13.8. The van der Waals surface area contributed by atoms with E-state index in [1.165, 1.54) is 24.3 Å². The molecule has 3 aromatic carbocycles. The van der Waals surface area contributed by atoms with Gasteiger partial charge in [-0.15, -0.1) is 0 Å². The molecule has 32 heavy (non-hydrogen) atoms.